The van der Waals surface area contributed by atoms with Gasteiger partial charge in [-0.05, 0) is 30.5 Å². The van der Waals surface area contributed by atoms with Crippen LogP contribution in [0, 0.1) is 5.92 Å². The van der Waals surface area contributed by atoms with Gasteiger partial charge in [-0.15, -0.1) is 0 Å². The van der Waals surface area contributed by atoms with E-state index in [1.165, 1.54) is 0 Å². The summed E-state index contributed by atoms with van der Waals surface area (Å²) in [6.07, 6.45) is 0.452. The first-order valence-electron chi connectivity index (χ1n) is 7.03. The van der Waals surface area contributed by atoms with Gasteiger partial charge < -0.3 is 15.2 Å². The van der Waals surface area contributed by atoms with E-state index in [1.54, 1.807) is 25.3 Å². The average Bonchev–Trinajstić information content (AvgIpc) is 2.43. The summed E-state index contributed by atoms with van der Waals surface area (Å²) in [6, 6.07) is 5.14. The molecule has 1 amide bonds. The zero-order valence-electron chi connectivity index (χ0n) is 12.3. The van der Waals surface area contributed by atoms with Crippen LogP contribution in [0.2, 0.25) is 5.02 Å². The normalized spacial score (nSPS) is 22.9. The summed E-state index contributed by atoms with van der Waals surface area (Å²) in [5.41, 5.74) is 0.649. The standard InChI is InChI=1S/C15H21ClN2O3/c1-10-8-18(6-5-13(10)19)9-15(20)17-11-3-4-14(21-2)12(16)7-11/h3-4,7,10,13,19H,5-6,8-9H2,1-2H3,(H,17,20). The van der Waals surface area contributed by atoms with Gasteiger partial charge in [0.15, 0.2) is 0 Å². The Morgan fingerprint density at radius 3 is 2.95 bits per heavy atom. The van der Waals surface area contributed by atoms with Crippen LogP contribution in [0.25, 0.3) is 0 Å². The summed E-state index contributed by atoms with van der Waals surface area (Å²) < 4.78 is 5.07. The van der Waals surface area contributed by atoms with Crippen molar-refractivity contribution in [1.82, 2.24) is 4.90 Å². The van der Waals surface area contributed by atoms with Crippen molar-refractivity contribution in [1.29, 1.82) is 0 Å². The van der Waals surface area contributed by atoms with Crippen LogP contribution in [0.15, 0.2) is 18.2 Å². The van der Waals surface area contributed by atoms with E-state index in [0.29, 0.717) is 29.4 Å². The Balaban J connectivity index is 1.88. The maximum absolute atomic E-state index is 12.0. The maximum atomic E-state index is 12.0. The molecule has 0 aliphatic carbocycles. The third-order valence-electron chi connectivity index (χ3n) is 3.75. The molecule has 0 spiro atoms. The smallest absolute Gasteiger partial charge is 0.238 e. The molecule has 1 heterocycles. The van der Waals surface area contributed by atoms with Crippen LogP contribution in [0.4, 0.5) is 5.69 Å². The van der Waals surface area contributed by atoms with Gasteiger partial charge in [-0.1, -0.05) is 18.5 Å². The summed E-state index contributed by atoms with van der Waals surface area (Å²) in [6.45, 7) is 3.79. The molecule has 1 aliphatic rings. The predicted molar refractivity (Wildman–Crippen MR) is 82.9 cm³/mol. The lowest BCUT2D eigenvalue weighted by molar-refractivity contribution is -0.118. The Kier molecular flexibility index (Phi) is 5.45. The van der Waals surface area contributed by atoms with Crippen LogP contribution in [0.3, 0.4) is 0 Å². The number of amides is 1. The topological polar surface area (TPSA) is 61.8 Å². The number of nitrogens with zero attached hydrogens (tertiary/aromatic N) is 1. The first kappa shape index (κ1) is 16.1. The van der Waals surface area contributed by atoms with Crippen molar-refractivity contribution in [3.8, 4) is 5.75 Å². The summed E-state index contributed by atoms with van der Waals surface area (Å²) in [5, 5.41) is 13.0. The number of piperidine rings is 1. The van der Waals surface area contributed by atoms with E-state index in [4.69, 9.17) is 16.3 Å². The van der Waals surface area contributed by atoms with Gasteiger partial charge in [0, 0.05) is 18.8 Å². The van der Waals surface area contributed by atoms with Crippen LogP contribution in [0.5, 0.6) is 5.75 Å². The van der Waals surface area contributed by atoms with Gasteiger partial charge >= 0.3 is 0 Å². The molecular formula is C15H21ClN2O3. The van der Waals surface area contributed by atoms with E-state index in [2.05, 4.69) is 10.2 Å². The summed E-state index contributed by atoms with van der Waals surface area (Å²) in [7, 11) is 1.55. The number of ether oxygens (including phenoxy) is 1. The minimum Gasteiger partial charge on any atom is -0.495 e. The Morgan fingerprint density at radius 1 is 1.57 bits per heavy atom. The summed E-state index contributed by atoms with van der Waals surface area (Å²) >= 11 is 6.03. The molecule has 0 aromatic heterocycles. The van der Waals surface area contributed by atoms with Gasteiger partial charge in [0.05, 0.1) is 24.8 Å². The number of nitrogens with one attached hydrogen (secondary N) is 1. The first-order chi connectivity index (χ1) is 9.99. The Labute approximate surface area is 129 Å². The number of benzene rings is 1. The van der Waals surface area contributed by atoms with E-state index in [9.17, 15) is 9.90 Å². The molecule has 0 bridgehead atoms. The lowest BCUT2D eigenvalue weighted by Gasteiger charge is -2.33. The molecule has 1 saturated heterocycles. The van der Waals surface area contributed by atoms with Crippen LogP contribution in [-0.4, -0.2) is 48.8 Å². The highest BCUT2D eigenvalue weighted by molar-refractivity contribution is 6.32. The molecule has 6 heteroatoms. The van der Waals surface area contributed by atoms with E-state index in [0.717, 1.165) is 13.1 Å². The molecule has 1 fully saturated rings. The second-order valence-corrected chi connectivity index (χ2v) is 5.87. The molecular weight excluding hydrogens is 292 g/mol. The lowest BCUT2D eigenvalue weighted by atomic mass is 9.97. The van der Waals surface area contributed by atoms with E-state index in [1.807, 2.05) is 6.92 Å². The second-order valence-electron chi connectivity index (χ2n) is 5.47. The van der Waals surface area contributed by atoms with Gasteiger partial charge in [-0.25, -0.2) is 0 Å². The van der Waals surface area contributed by atoms with Crippen molar-refractivity contribution < 1.29 is 14.6 Å². The number of likely N-dealkylation sites (tertiary alicyclic amines) is 1. The Morgan fingerprint density at radius 2 is 2.33 bits per heavy atom. The number of hydrogen-bond donors (Lipinski definition) is 2. The average molecular weight is 313 g/mol. The third-order valence-corrected chi connectivity index (χ3v) is 4.04. The molecule has 0 saturated carbocycles. The van der Waals surface area contributed by atoms with Crippen molar-refractivity contribution in [2.24, 2.45) is 5.92 Å². The number of anilines is 1. The number of carbonyl (C=O) groups is 1. The minimum atomic E-state index is -0.260. The van der Waals surface area contributed by atoms with Crippen molar-refractivity contribution >= 4 is 23.2 Å². The number of carbonyl (C=O) groups excluding carboxylic acids is 1. The molecule has 5 nitrogen and oxygen atoms in total. The monoisotopic (exact) mass is 312 g/mol. The molecule has 2 atom stereocenters. The van der Waals surface area contributed by atoms with Crippen LogP contribution in [0.1, 0.15) is 13.3 Å². The van der Waals surface area contributed by atoms with E-state index < -0.39 is 0 Å². The number of rotatable bonds is 4. The first-order valence-corrected chi connectivity index (χ1v) is 7.41. The largest absolute Gasteiger partial charge is 0.495 e. The molecule has 116 valence electrons. The van der Waals surface area contributed by atoms with Crippen LogP contribution < -0.4 is 10.1 Å². The molecule has 2 N–H and O–H groups in total. The fourth-order valence-electron chi connectivity index (χ4n) is 2.51. The fourth-order valence-corrected chi connectivity index (χ4v) is 2.77. The molecule has 1 aromatic carbocycles. The second kappa shape index (κ2) is 7.11. The number of hydrogen-bond acceptors (Lipinski definition) is 4. The molecule has 2 rings (SSSR count). The van der Waals surface area contributed by atoms with Gasteiger partial charge in [0.2, 0.25) is 5.91 Å². The molecule has 1 aromatic rings. The van der Waals surface area contributed by atoms with Gasteiger partial charge in [-0.3, -0.25) is 9.69 Å². The van der Waals surface area contributed by atoms with Gasteiger partial charge in [0.25, 0.3) is 0 Å². The van der Waals surface area contributed by atoms with Crippen molar-refractivity contribution in [2.45, 2.75) is 19.4 Å². The van der Waals surface area contributed by atoms with E-state index in [-0.39, 0.29) is 17.9 Å². The SMILES string of the molecule is COc1ccc(NC(=O)CN2CCC(O)C(C)C2)cc1Cl. The quantitative estimate of drug-likeness (QED) is 0.892. The highest BCUT2D eigenvalue weighted by atomic mass is 35.5. The van der Waals surface area contributed by atoms with Gasteiger partial charge in [0.1, 0.15) is 5.75 Å². The molecule has 1 aliphatic heterocycles. The Hall–Kier alpha value is -1.30. The lowest BCUT2D eigenvalue weighted by Crippen LogP contribution is -2.45. The number of methoxy groups -OCH3 is 1. The van der Waals surface area contributed by atoms with Crippen molar-refractivity contribution in [3.63, 3.8) is 0 Å². The molecule has 0 radical (unpaired) electrons. The number of halogens is 1. The third kappa shape index (κ3) is 4.33. The molecule has 2 unspecified atom stereocenters. The number of aliphatic hydroxyl groups is 1. The van der Waals surface area contributed by atoms with Gasteiger partial charge in [-0.2, -0.15) is 0 Å². The van der Waals surface area contributed by atoms with Crippen molar-refractivity contribution in [3.05, 3.63) is 23.2 Å². The highest BCUT2D eigenvalue weighted by Crippen LogP contribution is 2.27. The predicted octanol–water partition coefficient (Wildman–Crippen LogP) is 1.99. The Bertz CT molecular complexity index is 510. The van der Waals surface area contributed by atoms with Crippen LogP contribution >= 0.6 is 11.6 Å². The summed E-state index contributed by atoms with van der Waals surface area (Å²) in [5.74, 6) is 0.690. The van der Waals surface area contributed by atoms with Crippen LogP contribution in [-0.2, 0) is 4.79 Å². The zero-order valence-corrected chi connectivity index (χ0v) is 13.1. The van der Waals surface area contributed by atoms with E-state index >= 15 is 0 Å². The minimum absolute atomic E-state index is 0.0835. The fraction of sp³-hybridized carbons (Fsp3) is 0.533. The van der Waals surface area contributed by atoms with Crippen molar-refractivity contribution in [2.75, 3.05) is 32.1 Å². The maximum Gasteiger partial charge on any atom is 0.238 e. The zero-order chi connectivity index (χ0) is 15.4. The molecule has 21 heavy (non-hydrogen) atoms. The number of aliphatic hydroxyl groups excluding tert-OH is 1. The summed E-state index contributed by atoms with van der Waals surface area (Å²) in [4.78, 5) is 14.1. The highest BCUT2D eigenvalue weighted by Gasteiger charge is 2.25.